The quantitative estimate of drug-likeness (QED) is 0.667. The second kappa shape index (κ2) is 7.99. The third-order valence-corrected chi connectivity index (χ3v) is 4.51. The Morgan fingerprint density at radius 3 is 2.11 bits per heavy atom. The number of ether oxygens (including phenoxy) is 4. The van der Waals surface area contributed by atoms with Gasteiger partial charge >= 0.3 is 0 Å². The van der Waals surface area contributed by atoms with Gasteiger partial charge in [0.2, 0.25) is 5.91 Å². The molecule has 2 aromatic carbocycles. The zero-order valence-electron chi connectivity index (χ0n) is 16.1. The lowest BCUT2D eigenvalue weighted by atomic mass is 9.89. The van der Waals surface area contributed by atoms with Gasteiger partial charge < -0.3 is 24.7 Å². The van der Waals surface area contributed by atoms with Crippen LogP contribution in [-0.2, 0) is 4.79 Å². The zero-order valence-corrected chi connectivity index (χ0v) is 16.1. The molecule has 28 heavy (non-hydrogen) atoms. The summed E-state index contributed by atoms with van der Waals surface area (Å²) in [6.07, 6.45) is 1.53. The van der Waals surface area contributed by atoms with Crippen LogP contribution in [0.3, 0.4) is 0 Å². The summed E-state index contributed by atoms with van der Waals surface area (Å²) in [5.74, 6) is 0.783. The number of rotatable bonds is 7. The van der Waals surface area contributed by atoms with E-state index >= 15 is 0 Å². The lowest BCUT2D eigenvalue weighted by molar-refractivity contribution is -0.118. The summed E-state index contributed by atoms with van der Waals surface area (Å²) < 4.78 is 21.3. The molecule has 8 heteroatoms. The number of carbonyl (C=O) groups is 1. The number of benzene rings is 2. The molecule has 0 aliphatic carbocycles. The second-order valence-corrected chi connectivity index (χ2v) is 5.97. The first-order valence-corrected chi connectivity index (χ1v) is 8.42. The van der Waals surface area contributed by atoms with Gasteiger partial charge in [0.05, 0.1) is 46.1 Å². The van der Waals surface area contributed by atoms with E-state index in [1.165, 1.54) is 27.5 Å². The minimum absolute atomic E-state index is 0.497. The Labute approximate surface area is 162 Å². The Kier molecular flexibility index (Phi) is 5.49. The molecule has 0 aliphatic rings. The number of nitrogens with zero attached hydrogens (tertiary/aromatic N) is 2. The normalized spacial score (nSPS) is 11.7. The average molecular weight is 383 g/mol. The standard InChI is InChI=1S/C20H21N3O5/c1-25-15-6-5-11(7-16(15)26-2)19(20(21)24)13-10-22-23-14-9-18(28-4)17(27-3)8-12(13)14/h5-10,19H,1-4H3,(H2,21,24). The molecule has 0 aliphatic heterocycles. The Balaban J connectivity index is 2.23. The molecule has 0 fully saturated rings. The Hall–Kier alpha value is -3.55. The molecule has 0 saturated heterocycles. The number of hydrogen-bond donors (Lipinski definition) is 1. The lowest BCUT2D eigenvalue weighted by Crippen LogP contribution is -2.23. The van der Waals surface area contributed by atoms with Crippen molar-refractivity contribution in [3.63, 3.8) is 0 Å². The Morgan fingerprint density at radius 2 is 1.50 bits per heavy atom. The number of methoxy groups -OCH3 is 4. The predicted molar refractivity (Wildman–Crippen MR) is 103 cm³/mol. The number of amides is 1. The van der Waals surface area contributed by atoms with Crippen molar-refractivity contribution in [2.75, 3.05) is 28.4 Å². The summed E-state index contributed by atoms with van der Waals surface area (Å²) in [6.45, 7) is 0. The summed E-state index contributed by atoms with van der Waals surface area (Å²) >= 11 is 0. The van der Waals surface area contributed by atoms with E-state index in [1.807, 2.05) is 0 Å². The molecule has 1 heterocycles. The van der Waals surface area contributed by atoms with Crippen molar-refractivity contribution >= 4 is 16.8 Å². The highest BCUT2D eigenvalue weighted by Gasteiger charge is 2.25. The van der Waals surface area contributed by atoms with Gasteiger partial charge in [-0.1, -0.05) is 6.07 Å². The van der Waals surface area contributed by atoms with Gasteiger partial charge in [0.1, 0.15) is 0 Å². The van der Waals surface area contributed by atoms with Crippen molar-refractivity contribution in [3.05, 3.63) is 47.7 Å². The molecular formula is C20H21N3O5. The van der Waals surface area contributed by atoms with Gasteiger partial charge in [-0.3, -0.25) is 4.79 Å². The molecular weight excluding hydrogens is 362 g/mol. The van der Waals surface area contributed by atoms with Crippen LogP contribution in [0.15, 0.2) is 36.5 Å². The molecule has 1 unspecified atom stereocenters. The van der Waals surface area contributed by atoms with Gasteiger partial charge in [-0.2, -0.15) is 10.2 Å². The van der Waals surface area contributed by atoms with Crippen LogP contribution in [0.5, 0.6) is 23.0 Å². The summed E-state index contributed by atoms with van der Waals surface area (Å²) in [5.41, 5.74) is 7.57. The highest BCUT2D eigenvalue weighted by Crippen LogP contribution is 2.38. The van der Waals surface area contributed by atoms with Crippen LogP contribution in [-0.4, -0.2) is 44.5 Å². The zero-order chi connectivity index (χ0) is 20.3. The van der Waals surface area contributed by atoms with E-state index in [9.17, 15) is 4.79 Å². The van der Waals surface area contributed by atoms with Crippen LogP contribution in [0.2, 0.25) is 0 Å². The highest BCUT2D eigenvalue weighted by molar-refractivity contribution is 5.94. The van der Waals surface area contributed by atoms with Gasteiger partial charge in [0.15, 0.2) is 23.0 Å². The summed E-state index contributed by atoms with van der Waals surface area (Å²) in [6, 6.07) is 8.68. The van der Waals surface area contributed by atoms with E-state index in [0.29, 0.717) is 45.0 Å². The number of fused-ring (bicyclic) bond motifs is 1. The monoisotopic (exact) mass is 383 g/mol. The van der Waals surface area contributed by atoms with E-state index < -0.39 is 11.8 Å². The number of aromatic nitrogens is 2. The summed E-state index contributed by atoms with van der Waals surface area (Å²) in [7, 11) is 6.15. The molecule has 0 saturated carbocycles. The first-order valence-electron chi connectivity index (χ1n) is 8.42. The third kappa shape index (κ3) is 3.36. The number of hydrogen-bond acceptors (Lipinski definition) is 7. The number of carbonyl (C=O) groups excluding carboxylic acids is 1. The van der Waals surface area contributed by atoms with Gasteiger partial charge in [-0.15, -0.1) is 0 Å². The van der Waals surface area contributed by atoms with Crippen LogP contribution in [0, 0.1) is 0 Å². The van der Waals surface area contributed by atoms with E-state index in [2.05, 4.69) is 10.2 Å². The topological polar surface area (TPSA) is 106 Å². The van der Waals surface area contributed by atoms with Gasteiger partial charge in [0, 0.05) is 11.5 Å². The fourth-order valence-corrected chi connectivity index (χ4v) is 3.16. The molecule has 8 nitrogen and oxygen atoms in total. The van der Waals surface area contributed by atoms with E-state index in [4.69, 9.17) is 24.7 Å². The minimum Gasteiger partial charge on any atom is -0.493 e. The van der Waals surface area contributed by atoms with Crippen molar-refractivity contribution in [2.45, 2.75) is 5.92 Å². The predicted octanol–water partition coefficient (Wildman–Crippen LogP) is 2.28. The molecule has 1 atom stereocenters. The SMILES string of the molecule is COc1ccc(C(C(N)=O)c2cnnc3cc(OC)c(OC)cc23)cc1OC. The number of nitrogens with two attached hydrogens (primary N) is 1. The van der Waals surface area contributed by atoms with Gasteiger partial charge in [-0.25, -0.2) is 0 Å². The van der Waals surface area contributed by atoms with E-state index in [-0.39, 0.29) is 0 Å². The summed E-state index contributed by atoms with van der Waals surface area (Å²) in [4.78, 5) is 12.4. The van der Waals surface area contributed by atoms with Crippen LogP contribution in [0.4, 0.5) is 0 Å². The first-order chi connectivity index (χ1) is 13.5. The Bertz CT molecular complexity index is 1020. The third-order valence-electron chi connectivity index (χ3n) is 4.51. The molecule has 146 valence electrons. The first kappa shape index (κ1) is 19.2. The van der Waals surface area contributed by atoms with Crippen molar-refractivity contribution in [3.8, 4) is 23.0 Å². The minimum atomic E-state index is -0.768. The van der Waals surface area contributed by atoms with Crippen molar-refractivity contribution < 1.29 is 23.7 Å². The maximum absolute atomic E-state index is 12.4. The van der Waals surface area contributed by atoms with Gasteiger partial charge in [-0.05, 0) is 29.3 Å². The number of primary amides is 1. The lowest BCUT2D eigenvalue weighted by Gasteiger charge is -2.18. The van der Waals surface area contributed by atoms with Crippen molar-refractivity contribution in [1.29, 1.82) is 0 Å². The molecule has 0 radical (unpaired) electrons. The maximum Gasteiger partial charge on any atom is 0.229 e. The van der Waals surface area contributed by atoms with Crippen LogP contribution < -0.4 is 24.7 Å². The van der Waals surface area contributed by atoms with Crippen LogP contribution >= 0.6 is 0 Å². The molecule has 3 rings (SSSR count). The van der Waals surface area contributed by atoms with Crippen molar-refractivity contribution in [2.24, 2.45) is 5.73 Å². The molecule has 0 spiro atoms. The fourth-order valence-electron chi connectivity index (χ4n) is 3.16. The summed E-state index contributed by atoms with van der Waals surface area (Å²) in [5, 5.41) is 8.87. The van der Waals surface area contributed by atoms with E-state index in [0.717, 1.165) is 0 Å². The smallest absolute Gasteiger partial charge is 0.229 e. The molecule has 1 aromatic heterocycles. The molecule has 1 amide bonds. The Morgan fingerprint density at radius 1 is 0.893 bits per heavy atom. The second-order valence-electron chi connectivity index (χ2n) is 5.97. The molecule has 0 bridgehead atoms. The van der Waals surface area contributed by atoms with E-state index in [1.54, 1.807) is 37.4 Å². The van der Waals surface area contributed by atoms with Gasteiger partial charge in [0.25, 0.3) is 0 Å². The highest BCUT2D eigenvalue weighted by atomic mass is 16.5. The molecule has 3 aromatic rings. The van der Waals surface area contributed by atoms with Crippen LogP contribution in [0.25, 0.3) is 10.9 Å². The average Bonchev–Trinajstić information content (AvgIpc) is 2.72. The largest absolute Gasteiger partial charge is 0.493 e. The maximum atomic E-state index is 12.4. The van der Waals surface area contributed by atoms with Crippen molar-refractivity contribution in [1.82, 2.24) is 10.2 Å². The van der Waals surface area contributed by atoms with Crippen LogP contribution in [0.1, 0.15) is 17.0 Å². The molecule has 2 N–H and O–H groups in total. The fraction of sp³-hybridized carbons (Fsp3) is 0.250.